The fourth-order valence-electron chi connectivity index (χ4n) is 4.72. The predicted molar refractivity (Wildman–Crippen MR) is 118 cm³/mol. The van der Waals surface area contributed by atoms with Crippen molar-refractivity contribution < 1.29 is 14.6 Å². The number of unbranched alkanes of at least 4 members (excludes halogenated alkanes) is 1. The number of rotatable bonds is 7. The van der Waals surface area contributed by atoms with Gasteiger partial charge in [-0.3, -0.25) is 4.79 Å². The fraction of sp³-hybridized carbons (Fsp3) is 0.458. The summed E-state index contributed by atoms with van der Waals surface area (Å²) in [5.74, 6) is -1.59. The Morgan fingerprint density at radius 3 is 2.87 bits per heavy atom. The molecule has 1 aromatic rings. The number of allylic oxidation sites excluding steroid dienone is 2. The van der Waals surface area contributed by atoms with Crippen molar-refractivity contribution in [3.63, 3.8) is 0 Å². The molecule has 1 heterocycles. The van der Waals surface area contributed by atoms with Crippen LogP contribution in [0.1, 0.15) is 63.5 Å². The largest absolute Gasteiger partial charge is 0.454 e. The maximum absolute atomic E-state index is 14.0. The molecule has 7 nitrogen and oxygen atoms in total. The van der Waals surface area contributed by atoms with Crippen LogP contribution in [-0.4, -0.2) is 28.2 Å². The van der Waals surface area contributed by atoms with Gasteiger partial charge in [0, 0.05) is 28.6 Å². The lowest BCUT2D eigenvalue weighted by atomic mass is 9.82. The van der Waals surface area contributed by atoms with E-state index in [0.717, 1.165) is 18.4 Å². The number of hydrogen-bond acceptors (Lipinski definition) is 6. The van der Waals surface area contributed by atoms with Crippen molar-refractivity contribution in [1.82, 2.24) is 5.01 Å². The minimum atomic E-state index is -1.97. The van der Waals surface area contributed by atoms with Crippen molar-refractivity contribution in [2.75, 3.05) is 6.54 Å². The number of nitrogens with two attached hydrogens (primary N) is 1. The maximum atomic E-state index is 14.0. The van der Waals surface area contributed by atoms with E-state index in [4.69, 9.17) is 10.5 Å². The molecule has 1 aromatic carbocycles. The summed E-state index contributed by atoms with van der Waals surface area (Å²) in [5, 5.41) is 21.9. The zero-order chi connectivity index (χ0) is 22.4. The van der Waals surface area contributed by atoms with E-state index in [9.17, 15) is 9.90 Å². The molecule has 2 aliphatic carbocycles. The molecule has 0 radical (unpaired) electrons. The first-order chi connectivity index (χ1) is 14.8. The van der Waals surface area contributed by atoms with E-state index in [2.05, 4.69) is 37.7 Å². The normalized spacial score (nSPS) is 26.6. The van der Waals surface area contributed by atoms with Crippen LogP contribution in [0.15, 0.2) is 64.2 Å². The Morgan fingerprint density at radius 2 is 2.19 bits per heavy atom. The lowest BCUT2D eigenvalue weighted by molar-refractivity contribution is -0.175. The molecular formula is C24H30N4O3. The quantitative estimate of drug-likeness (QED) is 0.389. The van der Waals surface area contributed by atoms with Gasteiger partial charge in [0.05, 0.1) is 6.54 Å². The third kappa shape index (κ3) is 2.79. The minimum absolute atomic E-state index is 0.264. The van der Waals surface area contributed by atoms with Crippen LogP contribution in [0.5, 0.6) is 5.75 Å². The van der Waals surface area contributed by atoms with E-state index >= 15 is 0 Å². The monoisotopic (exact) mass is 422 g/mol. The summed E-state index contributed by atoms with van der Waals surface area (Å²) < 4.78 is 6.20. The standard InChI is InChI=1S/C24H30N4O3/c1-5-7-13-26-27-28(6-2)23-17-12-11-16(15(3)4)14-20(17)31-24(23,30)18-9-8-10-19(25)21(18)22(23)29/h6,9,11-12,14-15,30H,2,5,7-8,10,13,25H2,1,3-4H3/b27-26-. The molecule has 0 bridgehead atoms. The van der Waals surface area contributed by atoms with Gasteiger partial charge in [0.25, 0.3) is 5.79 Å². The number of benzene rings is 1. The number of aliphatic hydroxyl groups is 1. The maximum Gasteiger partial charge on any atom is 0.272 e. The van der Waals surface area contributed by atoms with Crippen LogP contribution in [0.3, 0.4) is 0 Å². The van der Waals surface area contributed by atoms with Gasteiger partial charge in [-0.1, -0.05) is 57.2 Å². The van der Waals surface area contributed by atoms with Crippen LogP contribution < -0.4 is 10.5 Å². The summed E-state index contributed by atoms with van der Waals surface area (Å²) in [6.07, 6.45) is 6.29. The Bertz CT molecular complexity index is 1030. The highest BCUT2D eigenvalue weighted by Crippen LogP contribution is 2.62. The molecule has 1 fully saturated rings. The predicted octanol–water partition coefficient (Wildman–Crippen LogP) is 4.21. The van der Waals surface area contributed by atoms with Crippen molar-refractivity contribution >= 4 is 5.78 Å². The number of ketones is 1. The first kappa shape index (κ1) is 21.3. The summed E-state index contributed by atoms with van der Waals surface area (Å²) in [6.45, 7) is 10.6. The van der Waals surface area contributed by atoms with Gasteiger partial charge in [-0.2, -0.15) is 5.11 Å². The van der Waals surface area contributed by atoms with Gasteiger partial charge in [-0.15, -0.1) is 0 Å². The molecule has 1 saturated carbocycles. The first-order valence-corrected chi connectivity index (χ1v) is 10.9. The molecule has 2 unspecified atom stereocenters. The highest BCUT2D eigenvalue weighted by atomic mass is 16.6. The van der Waals surface area contributed by atoms with Crippen LogP contribution >= 0.6 is 0 Å². The number of carbonyl (C=O) groups is 1. The number of carbonyl (C=O) groups excluding carboxylic acids is 1. The average Bonchev–Trinajstić information content (AvgIpc) is 3.12. The van der Waals surface area contributed by atoms with E-state index in [-0.39, 0.29) is 11.7 Å². The zero-order valence-electron chi connectivity index (χ0n) is 18.4. The molecule has 164 valence electrons. The SMILES string of the molecule is C=CN(/N=N\CCCC)C12C(=O)C3=C(N)CCC=C3C1(O)Oc1cc(C(C)C)ccc12. The zero-order valence-corrected chi connectivity index (χ0v) is 18.4. The van der Waals surface area contributed by atoms with E-state index in [0.29, 0.717) is 47.5 Å². The summed E-state index contributed by atoms with van der Waals surface area (Å²) in [5.41, 5.74) is 7.36. The summed E-state index contributed by atoms with van der Waals surface area (Å²) >= 11 is 0. The molecule has 1 aliphatic heterocycles. The second-order valence-electron chi connectivity index (χ2n) is 8.59. The second-order valence-corrected chi connectivity index (χ2v) is 8.59. The molecule has 7 heteroatoms. The van der Waals surface area contributed by atoms with E-state index in [1.165, 1.54) is 11.2 Å². The van der Waals surface area contributed by atoms with Gasteiger partial charge >= 0.3 is 0 Å². The van der Waals surface area contributed by atoms with Gasteiger partial charge in [0.2, 0.25) is 11.3 Å². The molecular weight excluding hydrogens is 392 g/mol. The van der Waals surface area contributed by atoms with Crippen LogP contribution in [-0.2, 0) is 10.3 Å². The summed E-state index contributed by atoms with van der Waals surface area (Å²) in [6, 6.07) is 5.68. The Labute approximate surface area is 182 Å². The Hall–Kier alpha value is -2.93. The van der Waals surface area contributed by atoms with Crippen molar-refractivity contribution in [2.45, 2.75) is 63.7 Å². The van der Waals surface area contributed by atoms with Crippen molar-refractivity contribution in [3.05, 3.63) is 65.0 Å². The molecule has 3 aliphatic rings. The van der Waals surface area contributed by atoms with Gasteiger partial charge in [0.15, 0.2) is 0 Å². The number of nitrogens with zero attached hydrogens (tertiary/aromatic N) is 3. The molecule has 0 saturated heterocycles. The van der Waals surface area contributed by atoms with Crippen LogP contribution in [0, 0.1) is 0 Å². The first-order valence-electron chi connectivity index (χ1n) is 10.9. The Morgan fingerprint density at radius 1 is 1.42 bits per heavy atom. The third-order valence-electron chi connectivity index (χ3n) is 6.37. The van der Waals surface area contributed by atoms with Crippen LogP contribution in [0.2, 0.25) is 0 Å². The molecule has 3 N–H and O–H groups in total. The third-order valence-corrected chi connectivity index (χ3v) is 6.37. The molecule has 0 spiro atoms. The lowest BCUT2D eigenvalue weighted by Gasteiger charge is -2.38. The topological polar surface area (TPSA) is 101 Å². The Kier molecular flexibility index (Phi) is 5.25. The van der Waals surface area contributed by atoms with Gasteiger partial charge in [-0.25, -0.2) is 5.01 Å². The molecule has 0 aromatic heterocycles. The van der Waals surface area contributed by atoms with Crippen molar-refractivity contribution in [3.8, 4) is 5.75 Å². The number of ether oxygens (including phenoxy) is 1. The van der Waals surface area contributed by atoms with Gasteiger partial charge in [0.1, 0.15) is 5.75 Å². The fourth-order valence-corrected chi connectivity index (χ4v) is 4.72. The smallest absolute Gasteiger partial charge is 0.272 e. The molecule has 31 heavy (non-hydrogen) atoms. The van der Waals surface area contributed by atoms with E-state index < -0.39 is 11.3 Å². The van der Waals surface area contributed by atoms with E-state index in [1.807, 2.05) is 24.3 Å². The van der Waals surface area contributed by atoms with E-state index in [1.54, 1.807) is 0 Å². The lowest BCUT2D eigenvalue weighted by Crippen LogP contribution is -2.58. The van der Waals surface area contributed by atoms with Crippen LogP contribution in [0.4, 0.5) is 0 Å². The van der Waals surface area contributed by atoms with Crippen molar-refractivity contribution in [2.24, 2.45) is 16.1 Å². The molecule has 4 rings (SSSR count). The second kappa shape index (κ2) is 7.64. The molecule has 2 atom stereocenters. The highest BCUT2D eigenvalue weighted by molar-refractivity contribution is 6.14. The van der Waals surface area contributed by atoms with Gasteiger partial charge in [-0.05, 0) is 36.8 Å². The summed E-state index contributed by atoms with van der Waals surface area (Å²) in [7, 11) is 0. The summed E-state index contributed by atoms with van der Waals surface area (Å²) in [4.78, 5) is 14.0. The number of hydrogen-bond donors (Lipinski definition) is 2. The average molecular weight is 423 g/mol. The van der Waals surface area contributed by atoms with Crippen LogP contribution in [0.25, 0.3) is 0 Å². The Balaban J connectivity index is 1.97. The number of fused-ring (bicyclic) bond motifs is 5. The van der Waals surface area contributed by atoms with Gasteiger partial charge < -0.3 is 15.6 Å². The molecule has 0 amide bonds. The number of Topliss-reactive ketones (excluding diaryl/α,β-unsaturated/α-hetero) is 1. The highest BCUT2D eigenvalue weighted by Gasteiger charge is 2.76. The minimum Gasteiger partial charge on any atom is -0.454 e. The van der Waals surface area contributed by atoms with Crippen molar-refractivity contribution in [1.29, 1.82) is 0 Å².